The van der Waals surface area contributed by atoms with Gasteiger partial charge in [0.2, 0.25) is 0 Å². The second-order valence-corrected chi connectivity index (χ2v) is 6.63. The van der Waals surface area contributed by atoms with Gasteiger partial charge < -0.3 is 9.47 Å². The van der Waals surface area contributed by atoms with Crippen molar-refractivity contribution in [2.24, 2.45) is 0 Å². The van der Waals surface area contributed by atoms with Crippen LogP contribution in [0.1, 0.15) is 17.5 Å². The highest BCUT2D eigenvalue weighted by atomic mass is 19.1. The van der Waals surface area contributed by atoms with Crippen molar-refractivity contribution < 1.29 is 13.9 Å². The van der Waals surface area contributed by atoms with Crippen molar-refractivity contribution in [2.45, 2.75) is 25.0 Å². The maximum absolute atomic E-state index is 14.5. The summed E-state index contributed by atoms with van der Waals surface area (Å²) in [5, 5.41) is 0. The van der Waals surface area contributed by atoms with Gasteiger partial charge in [-0.15, -0.1) is 0 Å². The van der Waals surface area contributed by atoms with Crippen LogP contribution >= 0.6 is 0 Å². The molecule has 0 spiro atoms. The number of ether oxygens (including phenoxy) is 2. The van der Waals surface area contributed by atoms with E-state index in [9.17, 15) is 4.39 Å². The fourth-order valence-corrected chi connectivity index (χ4v) is 3.87. The standard InChI is InChI=1S/C21H22FNO2/c1-24-20-9-5-8-19(22)21(20)16-10-17-13-25-14-18(11-16)23(17)12-15-6-3-2-4-7-15/h2-10,17-18H,11-14H2,1H3. The molecule has 0 aromatic heterocycles. The molecule has 2 heterocycles. The van der Waals surface area contributed by atoms with Gasteiger partial charge in [-0.25, -0.2) is 4.39 Å². The molecule has 4 heteroatoms. The maximum atomic E-state index is 14.5. The van der Waals surface area contributed by atoms with Crippen molar-refractivity contribution in [1.29, 1.82) is 0 Å². The second-order valence-electron chi connectivity index (χ2n) is 6.63. The van der Waals surface area contributed by atoms with E-state index in [2.05, 4.69) is 35.2 Å². The number of fused-ring (bicyclic) bond motifs is 2. The van der Waals surface area contributed by atoms with E-state index < -0.39 is 0 Å². The van der Waals surface area contributed by atoms with Gasteiger partial charge in [-0.05, 0) is 29.7 Å². The van der Waals surface area contributed by atoms with Crippen molar-refractivity contribution in [3.05, 3.63) is 71.6 Å². The molecule has 1 saturated heterocycles. The third-order valence-corrected chi connectivity index (χ3v) is 5.07. The molecule has 2 bridgehead atoms. The summed E-state index contributed by atoms with van der Waals surface area (Å²) >= 11 is 0. The summed E-state index contributed by atoms with van der Waals surface area (Å²) in [7, 11) is 1.59. The highest BCUT2D eigenvalue weighted by Crippen LogP contribution is 2.38. The quantitative estimate of drug-likeness (QED) is 0.843. The molecule has 2 aromatic rings. The first-order chi connectivity index (χ1) is 12.3. The molecule has 0 radical (unpaired) electrons. The van der Waals surface area contributed by atoms with Crippen LogP contribution in [0.5, 0.6) is 5.75 Å². The molecule has 1 fully saturated rings. The Bertz CT molecular complexity index is 775. The third-order valence-electron chi connectivity index (χ3n) is 5.07. The second kappa shape index (κ2) is 6.98. The normalized spacial score (nSPS) is 23.2. The Kier molecular flexibility index (Phi) is 4.55. The van der Waals surface area contributed by atoms with E-state index in [4.69, 9.17) is 9.47 Å². The van der Waals surface area contributed by atoms with Crippen molar-refractivity contribution in [3.63, 3.8) is 0 Å². The van der Waals surface area contributed by atoms with Crippen LogP contribution in [-0.2, 0) is 11.3 Å². The summed E-state index contributed by atoms with van der Waals surface area (Å²) in [5.41, 5.74) is 2.92. The lowest BCUT2D eigenvalue weighted by atomic mass is 9.88. The molecule has 0 N–H and O–H groups in total. The van der Waals surface area contributed by atoms with Crippen LogP contribution in [0, 0.1) is 5.82 Å². The van der Waals surface area contributed by atoms with Crippen LogP contribution in [-0.4, -0.2) is 37.3 Å². The van der Waals surface area contributed by atoms with E-state index >= 15 is 0 Å². The Morgan fingerprint density at radius 3 is 2.72 bits per heavy atom. The first-order valence-electron chi connectivity index (χ1n) is 8.67. The Balaban J connectivity index is 1.66. The maximum Gasteiger partial charge on any atom is 0.134 e. The predicted octanol–water partition coefficient (Wildman–Crippen LogP) is 3.89. The minimum atomic E-state index is -0.221. The summed E-state index contributed by atoms with van der Waals surface area (Å²) < 4.78 is 25.6. The van der Waals surface area contributed by atoms with E-state index in [0.29, 0.717) is 24.5 Å². The Labute approximate surface area is 147 Å². The summed E-state index contributed by atoms with van der Waals surface area (Å²) in [6.07, 6.45) is 2.92. The predicted molar refractivity (Wildman–Crippen MR) is 95.9 cm³/mol. The van der Waals surface area contributed by atoms with Crippen molar-refractivity contribution >= 4 is 5.57 Å². The van der Waals surface area contributed by atoms with Gasteiger partial charge in [0.05, 0.1) is 31.9 Å². The minimum absolute atomic E-state index is 0.159. The minimum Gasteiger partial charge on any atom is -0.496 e. The molecule has 2 aliphatic heterocycles. The van der Waals surface area contributed by atoms with Crippen LogP contribution in [0.2, 0.25) is 0 Å². The Morgan fingerprint density at radius 2 is 1.96 bits per heavy atom. The summed E-state index contributed by atoms with van der Waals surface area (Å²) in [4.78, 5) is 2.47. The third kappa shape index (κ3) is 3.20. The molecule has 2 aromatic carbocycles. The fraction of sp³-hybridized carbons (Fsp3) is 0.333. The van der Waals surface area contributed by atoms with Crippen LogP contribution < -0.4 is 4.74 Å². The van der Waals surface area contributed by atoms with E-state index in [1.165, 1.54) is 11.6 Å². The number of methoxy groups -OCH3 is 1. The van der Waals surface area contributed by atoms with E-state index in [1.54, 1.807) is 13.2 Å². The van der Waals surface area contributed by atoms with Gasteiger partial charge in [0.15, 0.2) is 0 Å². The molecular weight excluding hydrogens is 317 g/mol. The highest BCUT2D eigenvalue weighted by Gasteiger charge is 2.36. The number of benzene rings is 2. The average Bonchev–Trinajstić information content (AvgIpc) is 2.62. The monoisotopic (exact) mass is 339 g/mol. The van der Waals surface area contributed by atoms with Gasteiger partial charge in [0.1, 0.15) is 11.6 Å². The van der Waals surface area contributed by atoms with Crippen LogP contribution in [0.15, 0.2) is 54.6 Å². The molecule has 0 saturated carbocycles. The van der Waals surface area contributed by atoms with Gasteiger partial charge in [0, 0.05) is 12.6 Å². The Morgan fingerprint density at radius 1 is 1.12 bits per heavy atom. The number of nitrogens with zero attached hydrogens (tertiary/aromatic N) is 1. The van der Waals surface area contributed by atoms with Gasteiger partial charge in [-0.3, -0.25) is 4.90 Å². The lowest BCUT2D eigenvalue weighted by Crippen LogP contribution is -2.53. The largest absolute Gasteiger partial charge is 0.496 e. The molecule has 0 aliphatic carbocycles. The molecule has 130 valence electrons. The molecule has 3 nitrogen and oxygen atoms in total. The van der Waals surface area contributed by atoms with Crippen molar-refractivity contribution in [2.75, 3.05) is 20.3 Å². The molecule has 0 amide bonds. The highest BCUT2D eigenvalue weighted by molar-refractivity contribution is 5.73. The lowest BCUT2D eigenvalue weighted by molar-refractivity contribution is -0.0403. The average molecular weight is 339 g/mol. The van der Waals surface area contributed by atoms with Crippen LogP contribution in [0.4, 0.5) is 4.39 Å². The van der Waals surface area contributed by atoms with E-state index in [1.807, 2.05) is 12.1 Å². The molecule has 2 atom stereocenters. The van der Waals surface area contributed by atoms with Gasteiger partial charge in [-0.2, -0.15) is 0 Å². The smallest absolute Gasteiger partial charge is 0.134 e. The van der Waals surface area contributed by atoms with E-state index in [0.717, 1.165) is 18.5 Å². The van der Waals surface area contributed by atoms with E-state index in [-0.39, 0.29) is 17.9 Å². The summed E-state index contributed by atoms with van der Waals surface area (Å²) in [5.74, 6) is 0.378. The fourth-order valence-electron chi connectivity index (χ4n) is 3.87. The molecule has 25 heavy (non-hydrogen) atoms. The summed E-state index contributed by atoms with van der Waals surface area (Å²) in [6, 6.07) is 15.9. The molecule has 2 aliphatic rings. The van der Waals surface area contributed by atoms with Crippen molar-refractivity contribution in [1.82, 2.24) is 4.90 Å². The SMILES string of the molecule is COc1cccc(F)c1C1=CC2COCC(C1)N2Cc1ccccc1. The lowest BCUT2D eigenvalue weighted by Gasteiger charge is -2.45. The zero-order chi connectivity index (χ0) is 17.2. The number of rotatable bonds is 4. The topological polar surface area (TPSA) is 21.7 Å². The zero-order valence-corrected chi connectivity index (χ0v) is 14.3. The van der Waals surface area contributed by atoms with Gasteiger partial charge in [-0.1, -0.05) is 42.5 Å². The first-order valence-corrected chi connectivity index (χ1v) is 8.67. The molecule has 2 unspecified atom stereocenters. The van der Waals surface area contributed by atoms with Crippen LogP contribution in [0.25, 0.3) is 5.57 Å². The Hall–Kier alpha value is -2.17. The number of halogens is 1. The molecule has 4 rings (SSSR count). The number of hydrogen-bond acceptors (Lipinski definition) is 3. The van der Waals surface area contributed by atoms with Crippen LogP contribution in [0.3, 0.4) is 0 Å². The number of hydrogen-bond donors (Lipinski definition) is 0. The van der Waals surface area contributed by atoms with Gasteiger partial charge >= 0.3 is 0 Å². The first kappa shape index (κ1) is 16.3. The summed E-state index contributed by atoms with van der Waals surface area (Å²) in [6.45, 7) is 2.21. The molecular formula is C21H22FNO2. The van der Waals surface area contributed by atoms with Crippen molar-refractivity contribution in [3.8, 4) is 5.75 Å². The van der Waals surface area contributed by atoms with Gasteiger partial charge in [0.25, 0.3) is 0 Å². The number of morpholine rings is 1. The zero-order valence-electron chi connectivity index (χ0n) is 14.3.